The van der Waals surface area contributed by atoms with Crippen molar-refractivity contribution in [3.8, 4) is 0 Å². The minimum Gasteiger partial charge on any atom is -0.361 e. The summed E-state index contributed by atoms with van der Waals surface area (Å²) >= 11 is 1.71. The van der Waals surface area contributed by atoms with Crippen LogP contribution >= 0.6 is 11.8 Å². The third kappa shape index (κ3) is 3.91. The average Bonchev–Trinajstić information content (AvgIpc) is 2.47. The monoisotopic (exact) mass is 268 g/mol. The average molecular weight is 268 g/mol. The molecule has 0 aromatic heterocycles. The highest BCUT2D eigenvalue weighted by molar-refractivity contribution is 7.98. The summed E-state index contributed by atoms with van der Waals surface area (Å²) in [4.78, 5) is 15.2. The molecule has 0 amide bonds. The molecule has 0 heterocycles. The lowest BCUT2D eigenvalue weighted by molar-refractivity contribution is 0.00235. The van der Waals surface area contributed by atoms with Crippen molar-refractivity contribution in [3.05, 3.63) is 71.3 Å². The molecule has 3 nitrogen and oxygen atoms in total. The third-order valence-corrected chi connectivity index (χ3v) is 3.65. The lowest BCUT2D eigenvalue weighted by Gasteiger charge is -2.02. The lowest BCUT2D eigenvalue weighted by Crippen LogP contribution is -2.00. The summed E-state index contributed by atoms with van der Waals surface area (Å²) in [5.74, 6) is 0.591. The molecule has 94 valence electrons. The zero-order valence-electron chi connectivity index (χ0n) is 10.2. The van der Waals surface area contributed by atoms with Crippen LogP contribution in [0.5, 0.6) is 0 Å². The largest absolute Gasteiger partial charge is 0.361 e. The van der Waals surface area contributed by atoms with Crippen molar-refractivity contribution >= 4 is 23.8 Å². The zero-order chi connectivity index (χ0) is 13.5. The Labute approximate surface area is 115 Å². The SMILES string of the molecule is [N-]=[N+]=CC(=O)c1ccc(SCc2ccccc2)cc1. The Bertz CT molecular complexity index is 602. The summed E-state index contributed by atoms with van der Waals surface area (Å²) in [6.07, 6.45) is 0.895. The van der Waals surface area contributed by atoms with Crippen molar-refractivity contribution < 1.29 is 9.58 Å². The number of thioether (sulfide) groups is 1. The van der Waals surface area contributed by atoms with Gasteiger partial charge in [-0.05, 0) is 29.8 Å². The van der Waals surface area contributed by atoms with Crippen molar-refractivity contribution in [3.63, 3.8) is 0 Å². The molecule has 0 aliphatic heterocycles. The summed E-state index contributed by atoms with van der Waals surface area (Å²) in [5, 5.41) is 0. The van der Waals surface area contributed by atoms with Gasteiger partial charge in [-0.15, -0.1) is 11.8 Å². The molecule has 0 unspecified atom stereocenters. The highest BCUT2D eigenvalue weighted by atomic mass is 32.2. The van der Waals surface area contributed by atoms with Gasteiger partial charge in [0.25, 0.3) is 5.78 Å². The van der Waals surface area contributed by atoms with Crippen molar-refractivity contribution in [1.29, 1.82) is 0 Å². The van der Waals surface area contributed by atoms with Crippen LogP contribution in [0.4, 0.5) is 0 Å². The number of benzene rings is 2. The second kappa shape index (κ2) is 6.69. The molecule has 0 saturated heterocycles. The van der Waals surface area contributed by atoms with Crippen molar-refractivity contribution in [2.75, 3.05) is 0 Å². The molecule has 0 atom stereocenters. The van der Waals surface area contributed by atoms with Crippen molar-refractivity contribution in [2.24, 2.45) is 0 Å². The first-order valence-electron chi connectivity index (χ1n) is 5.78. The van der Waals surface area contributed by atoms with E-state index in [2.05, 4.69) is 16.9 Å². The van der Waals surface area contributed by atoms with Crippen LogP contribution in [0.3, 0.4) is 0 Å². The minimum absolute atomic E-state index is 0.304. The summed E-state index contributed by atoms with van der Waals surface area (Å²) in [6.45, 7) is 0. The Morgan fingerprint density at radius 1 is 1.11 bits per heavy atom. The molecular weight excluding hydrogens is 256 g/mol. The Balaban J connectivity index is 1.99. The smallest absolute Gasteiger partial charge is 0.328 e. The molecule has 0 spiro atoms. The van der Waals surface area contributed by atoms with Gasteiger partial charge in [-0.1, -0.05) is 30.3 Å². The molecule has 19 heavy (non-hydrogen) atoms. The Morgan fingerprint density at radius 2 is 1.79 bits per heavy atom. The number of carbonyl (C=O) groups is 1. The van der Waals surface area contributed by atoms with Crippen molar-refractivity contribution in [2.45, 2.75) is 10.6 Å². The quantitative estimate of drug-likeness (QED) is 0.274. The van der Waals surface area contributed by atoms with Crippen LogP contribution in [-0.2, 0) is 5.75 Å². The Hall–Kier alpha value is -2.16. The summed E-state index contributed by atoms with van der Waals surface area (Å²) < 4.78 is 0. The maximum atomic E-state index is 11.4. The van der Waals surface area contributed by atoms with Gasteiger partial charge in [0, 0.05) is 16.2 Å². The third-order valence-electron chi connectivity index (χ3n) is 2.56. The second-order valence-corrected chi connectivity index (χ2v) is 4.96. The molecule has 0 fully saturated rings. The summed E-state index contributed by atoms with van der Waals surface area (Å²) in [6, 6.07) is 17.5. The predicted octanol–water partition coefficient (Wildman–Crippen LogP) is 3.46. The van der Waals surface area contributed by atoms with E-state index in [4.69, 9.17) is 5.53 Å². The van der Waals surface area contributed by atoms with Gasteiger partial charge >= 0.3 is 6.21 Å². The number of ketones is 1. The van der Waals surface area contributed by atoms with Gasteiger partial charge in [-0.25, -0.2) is 0 Å². The molecular formula is C15H12N2OS. The molecule has 2 aromatic carbocycles. The van der Waals surface area contributed by atoms with Gasteiger partial charge in [0.1, 0.15) is 0 Å². The van der Waals surface area contributed by atoms with E-state index in [1.54, 1.807) is 23.9 Å². The number of Topliss-reactive ketones (excluding diaryl/α,β-unsaturated/α-hetero) is 1. The number of carbonyl (C=O) groups excluding carboxylic acids is 1. The number of nitrogens with zero attached hydrogens (tertiary/aromatic N) is 2. The van der Waals surface area contributed by atoms with Crippen LogP contribution in [0.25, 0.3) is 5.53 Å². The molecule has 2 rings (SSSR count). The van der Waals surface area contributed by atoms with Crippen molar-refractivity contribution in [1.82, 2.24) is 0 Å². The first kappa shape index (κ1) is 13.3. The normalized spacial score (nSPS) is 9.68. The van der Waals surface area contributed by atoms with Gasteiger partial charge in [0.2, 0.25) is 0 Å². The second-order valence-electron chi connectivity index (χ2n) is 3.91. The van der Waals surface area contributed by atoms with Crippen LogP contribution in [0, 0.1) is 0 Å². The maximum absolute atomic E-state index is 11.4. The minimum atomic E-state index is -0.304. The first-order valence-corrected chi connectivity index (χ1v) is 6.77. The van der Waals surface area contributed by atoms with Crippen LogP contribution in [0.1, 0.15) is 15.9 Å². The standard InChI is InChI=1S/C15H12N2OS/c16-17-10-15(18)13-6-8-14(9-7-13)19-11-12-4-2-1-3-5-12/h1-10H,11H2. The molecule has 0 saturated carbocycles. The van der Waals surface area contributed by atoms with Gasteiger partial charge in [-0.3, -0.25) is 4.79 Å². The van der Waals surface area contributed by atoms with Gasteiger partial charge in [-0.2, -0.15) is 4.79 Å². The maximum Gasteiger partial charge on any atom is 0.328 e. The number of hydrogen-bond acceptors (Lipinski definition) is 2. The van der Waals surface area contributed by atoms with E-state index in [0.717, 1.165) is 16.9 Å². The fourth-order valence-electron chi connectivity index (χ4n) is 1.58. The van der Waals surface area contributed by atoms with Gasteiger partial charge in [0.05, 0.1) is 0 Å². The molecule has 0 N–H and O–H groups in total. The first-order chi connectivity index (χ1) is 9.29. The predicted molar refractivity (Wildman–Crippen MR) is 76.5 cm³/mol. The lowest BCUT2D eigenvalue weighted by atomic mass is 10.1. The van der Waals surface area contributed by atoms with E-state index in [0.29, 0.717) is 5.56 Å². The van der Waals surface area contributed by atoms with Crippen LogP contribution in [-0.4, -0.2) is 16.8 Å². The van der Waals surface area contributed by atoms with Crippen LogP contribution < -0.4 is 0 Å². The summed E-state index contributed by atoms with van der Waals surface area (Å²) in [5.41, 5.74) is 10.1. The fourth-order valence-corrected chi connectivity index (χ4v) is 2.44. The number of rotatable bonds is 5. The molecule has 0 aliphatic carbocycles. The molecule has 4 heteroatoms. The molecule has 0 radical (unpaired) electrons. The van der Waals surface area contributed by atoms with E-state index in [9.17, 15) is 4.79 Å². The van der Waals surface area contributed by atoms with E-state index >= 15 is 0 Å². The van der Waals surface area contributed by atoms with Crippen LogP contribution in [0.2, 0.25) is 0 Å². The van der Waals surface area contributed by atoms with Gasteiger partial charge in [0.15, 0.2) is 0 Å². The highest BCUT2D eigenvalue weighted by Gasteiger charge is 2.06. The van der Waals surface area contributed by atoms with E-state index in [1.807, 2.05) is 30.3 Å². The molecule has 2 aromatic rings. The zero-order valence-corrected chi connectivity index (χ0v) is 11.0. The Morgan fingerprint density at radius 3 is 2.42 bits per heavy atom. The number of hydrogen-bond donors (Lipinski definition) is 0. The van der Waals surface area contributed by atoms with Gasteiger partial charge < -0.3 is 5.53 Å². The van der Waals surface area contributed by atoms with E-state index in [-0.39, 0.29) is 5.78 Å². The fraction of sp³-hybridized carbons (Fsp3) is 0.0667. The summed E-state index contributed by atoms with van der Waals surface area (Å²) in [7, 11) is 0. The molecule has 0 bridgehead atoms. The highest BCUT2D eigenvalue weighted by Crippen LogP contribution is 2.22. The molecule has 0 aliphatic rings. The van der Waals surface area contributed by atoms with Crippen LogP contribution in [0.15, 0.2) is 59.5 Å². The van der Waals surface area contributed by atoms with E-state index in [1.165, 1.54) is 5.56 Å². The topological polar surface area (TPSA) is 53.5 Å². The van der Waals surface area contributed by atoms with E-state index < -0.39 is 0 Å². The Kier molecular flexibility index (Phi) is 4.67.